The quantitative estimate of drug-likeness (QED) is 0.536. The smallest absolute Gasteiger partial charge is 0.259 e. The van der Waals surface area contributed by atoms with Crippen molar-refractivity contribution in [3.05, 3.63) is 96.1 Å². The Morgan fingerprint density at radius 2 is 1.69 bits per heavy atom. The molecule has 4 rings (SSSR count). The molecule has 2 aromatic carbocycles. The molecule has 0 saturated heterocycles. The van der Waals surface area contributed by atoms with Crippen LogP contribution >= 0.6 is 0 Å². The minimum absolute atomic E-state index is 0.250. The fourth-order valence-electron chi connectivity index (χ4n) is 3.15. The summed E-state index contributed by atoms with van der Waals surface area (Å²) in [4.78, 5) is 26.2. The maximum absolute atomic E-state index is 13.0. The van der Waals surface area contributed by atoms with Crippen LogP contribution in [-0.2, 0) is 0 Å². The zero-order chi connectivity index (χ0) is 20.2. The van der Waals surface area contributed by atoms with Gasteiger partial charge in [0.25, 0.3) is 5.91 Å². The van der Waals surface area contributed by atoms with Crippen LogP contribution in [0.3, 0.4) is 0 Å². The molecule has 0 bridgehead atoms. The molecule has 142 valence electrons. The summed E-state index contributed by atoms with van der Waals surface area (Å²) in [7, 11) is 0. The van der Waals surface area contributed by atoms with E-state index in [-0.39, 0.29) is 5.91 Å². The first kappa shape index (κ1) is 18.5. The molecular weight excluding hydrogens is 360 g/mol. The highest BCUT2D eigenvalue weighted by Gasteiger charge is 2.16. The average molecular weight is 380 g/mol. The Morgan fingerprint density at radius 1 is 0.897 bits per heavy atom. The second-order valence-electron chi connectivity index (χ2n) is 6.74. The topological polar surface area (TPSA) is 67.8 Å². The Morgan fingerprint density at radius 3 is 2.45 bits per heavy atom. The van der Waals surface area contributed by atoms with Crippen molar-refractivity contribution < 1.29 is 4.79 Å². The fourth-order valence-corrected chi connectivity index (χ4v) is 3.15. The van der Waals surface area contributed by atoms with Gasteiger partial charge < -0.3 is 5.32 Å². The lowest BCUT2D eigenvalue weighted by atomic mass is 10.0. The van der Waals surface area contributed by atoms with E-state index >= 15 is 0 Å². The second kappa shape index (κ2) is 8.02. The van der Waals surface area contributed by atoms with Crippen LogP contribution in [0.2, 0.25) is 0 Å². The number of anilines is 1. The van der Waals surface area contributed by atoms with Gasteiger partial charge >= 0.3 is 0 Å². The maximum atomic E-state index is 13.0. The highest BCUT2D eigenvalue weighted by molar-refractivity contribution is 6.08. The Labute approximate surface area is 169 Å². The molecule has 0 saturated carbocycles. The van der Waals surface area contributed by atoms with Crippen LogP contribution in [0.5, 0.6) is 0 Å². The maximum Gasteiger partial charge on any atom is 0.259 e. The molecule has 0 aliphatic heterocycles. The van der Waals surface area contributed by atoms with Crippen molar-refractivity contribution in [2.75, 3.05) is 5.32 Å². The normalized spacial score (nSPS) is 10.6. The van der Waals surface area contributed by atoms with Gasteiger partial charge in [0.05, 0.1) is 17.0 Å². The Hall–Kier alpha value is -3.86. The molecule has 5 nitrogen and oxygen atoms in total. The predicted molar refractivity (Wildman–Crippen MR) is 115 cm³/mol. The van der Waals surface area contributed by atoms with Crippen molar-refractivity contribution >= 4 is 11.6 Å². The summed E-state index contributed by atoms with van der Waals surface area (Å²) in [6.45, 7) is 3.84. The third-order valence-corrected chi connectivity index (χ3v) is 4.64. The molecule has 4 aromatic rings. The first-order valence-electron chi connectivity index (χ1n) is 9.34. The van der Waals surface area contributed by atoms with Gasteiger partial charge in [-0.15, -0.1) is 0 Å². The summed E-state index contributed by atoms with van der Waals surface area (Å²) in [5, 5.41) is 2.98. The third kappa shape index (κ3) is 4.04. The Bertz CT molecular complexity index is 1160. The van der Waals surface area contributed by atoms with E-state index in [4.69, 9.17) is 0 Å². The Balaban J connectivity index is 1.68. The SMILES string of the molecule is Cc1ncc(C(=O)Nc2ccc(C)c(-c3ccccn3)c2)c(-c2ccccc2)n1. The zero-order valence-electron chi connectivity index (χ0n) is 16.3. The van der Waals surface area contributed by atoms with Crippen LogP contribution in [0.1, 0.15) is 21.7 Å². The number of amides is 1. The lowest BCUT2D eigenvalue weighted by molar-refractivity contribution is 0.102. The second-order valence-corrected chi connectivity index (χ2v) is 6.74. The van der Waals surface area contributed by atoms with Crippen LogP contribution in [0.25, 0.3) is 22.5 Å². The number of nitrogens with zero attached hydrogens (tertiary/aromatic N) is 3. The van der Waals surface area contributed by atoms with Gasteiger partial charge in [0.15, 0.2) is 0 Å². The number of hydrogen-bond donors (Lipinski definition) is 1. The molecule has 2 aromatic heterocycles. The molecule has 1 N–H and O–H groups in total. The van der Waals surface area contributed by atoms with Crippen molar-refractivity contribution in [1.82, 2.24) is 15.0 Å². The van der Waals surface area contributed by atoms with Gasteiger partial charge in [0, 0.05) is 29.2 Å². The molecule has 1 amide bonds. The Kier molecular flexibility index (Phi) is 5.12. The number of aromatic nitrogens is 3. The van der Waals surface area contributed by atoms with Crippen molar-refractivity contribution in [2.24, 2.45) is 0 Å². The molecule has 0 atom stereocenters. The largest absolute Gasteiger partial charge is 0.322 e. The van der Waals surface area contributed by atoms with Crippen LogP contribution in [0.15, 0.2) is 79.1 Å². The minimum atomic E-state index is -0.250. The average Bonchev–Trinajstić information content (AvgIpc) is 2.76. The van der Waals surface area contributed by atoms with Gasteiger partial charge in [0.2, 0.25) is 0 Å². The van der Waals surface area contributed by atoms with Crippen molar-refractivity contribution in [3.63, 3.8) is 0 Å². The number of hydrogen-bond acceptors (Lipinski definition) is 4. The fraction of sp³-hybridized carbons (Fsp3) is 0.0833. The molecule has 0 aliphatic rings. The van der Waals surface area contributed by atoms with E-state index < -0.39 is 0 Å². The lowest BCUT2D eigenvalue weighted by Gasteiger charge is -2.12. The highest BCUT2D eigenvalue weighted by atomic mass is 16.1. The number of carbonyl (C=O) groups is 1. The summed E-state index contributed by atoms with van der Waals surface area (Å²) in [6, 6.07) is 21.2. The monoisotopic (exact) mass is 380 g/mol. The van der Waals surface area contributed by atoms with E-state index in [2.05, 4.69) is 20.3 Å². The molecule has 0 aliphatic carbocycles. The summed E-state index contributed by atoms with van der Waals surface area (Å²) in [6.07, 6.45) is 3.34. The number of nitrogens with one attached hydrogen (secondary N) is 1. The zero-order valence-corrected chi connectivity index (χ0v) is 16.3. The number of benzene rings is 2. The van der Waals surface area contributed by atoms with E-state index in [1.807, 2.05) is 80.6 Å². The number of aryl methyl sites for hydroxylation is 2. The molecule has 0 unspecified atom stereocenters. The lowest BCUT2D eigenvalue weighted by Crippen LogP contribution is -2.15. The van der Waals surface area contributed by atoms with Gasteiger partial charge in [-0.05, 0) is 43.7 Å². The highest BCUT2D eigenvalue weighted by Crippen LogP contribution is 2.26. The van der Waals surface area contributed by atoms with Crippen molar-refractivity contribution in [2.45, 2.75) is 13.8 Å². The summed E-state index contributed by atoms with van der Waals surface area (Å²) in [5.74, 6) is 0.368. The van der Waals surface area contributed by atoms with Gasteiger partial charge in [-0.1, -0.05) is 42.5 Å². The summed E-state index contributed by atoms with van der Waals surface area (Å²) < 4.78 is 0. The van der Waals surface area contributed by atoms with Crippen LogP contribution < -0.4 is 5.32 Å². The van der Waals surface area contributed by atoms with Crippen molar-refractivity contribution in [3.8, 4) is 22.5 Å². The first-order chi connectivity index (χ1) is 14.1. The molecule has 0 fully saturated rings. The van der Waals surface area contributed by atoms with E-state index in [0.29, 0.717) is 22.8 Å². The van der Waals surface area contributed by atoms with Gasteiger partial charge in [-0.3, -0.25) is 9.78 Å². The van der Waals surface area contributed by atoms with Gasteiger partial charge in [-0.25, -0.2) is 9.97 Å². The molecule has 0 spiro atoms. The summed E-state index contributed by atoms with van der Waals surface area (Å²) >= 11 is 0. The standard InChI is InChI=1S/C24H20N4O/c1-16-11-12-19(14-20(16)22-10-6-7-13-25-22)28-24(29)21-15-26-17(2)27-23(21)18-8-4-3-5-9-18/h3-15H,1-2H3,(H,28,29). The van der Waals surface area contributed by atoms with E-state index in [9.17, 15) is 4.79 Å². The molecule has 0 radical (unpaired) electrons. The van der Waals surface area contributed by atoms with E-state index in [1.54, 1.807) is 12.4 Å². The minimum Gasteiger partial charge on any atom is -0.322 e. The molecular formula is C24H20N4O. The van der Waals surface area contributed by atoms with Gasteiger partial charge in [-0.2, -0.15) is 0 Å². The van der Waals surface area contributed by atoms with Crippen molar-refractivity contribution in [1.29, 1.82) is 0 Å². The van der Waals surface area contributed by atoms with Crippen LogP contribution in [0, 0.1) is 13.8 Å². The van der Waals surface area contributed by atoms with Gasteiger partial charge in [0.1, 0.15) is 5.82 Å². The third-order valence-electron chi connectivity index (χ3n) is 4.64. The first-order valence-corrected chi connectivity index (χ1v) is 9.34. The summed E-state index contributed by atoms with van der Waals surface area (Å²) in [5.41, 5.74) is 5.55. The van der Waals surface area contributed by atoms with E-state index in [0.717, 1.165) is 22.4 Å². The molecule has 2 heterocycles. The molecule has 5 heteroatoms. The van der Waals surface area contributed by atoms with Crippen LogP contribution in [-0.4, -0.2) is 20.9 Å². The number of pyridine rings is 1. The van der Waals surface area contributed by atoms with E-state index in [1.165, 1.54) is 0 Å². The molecule has 29 heavy (non-hydrogen) atoms. The number of carbonyl (C=O) groups excluding carboxylic acids is 1. The van der Waals surface area contributed by atoms with Crippen LogP contribution in [0.4, 0.5) is 5.69 Å². The predicted octanol–water partition coefficient (Wildman–Crippen LogP) is 5.07. The number of rotatable bonds is 4.